The first kappa shape index (κ1) is 18.5. The van der Waals surface area contributed by atoms with Crippen molar-refractivity contribution in [1.29, 1.82) is 0 Å². The van der Waals surface area contributed by atoms with Gasteiger partial charge in [0, 0.05) is 6.07 Å². The maximum Gasteiger partial charge on any atom is 0.347 e. The van der Waals surface area contributed by atoms with E-state index in [0.717, 1.165) is 11.1 Å². The Labute approximate surface area is 156 Å². The van der Waals surface area contributed by atoms with Gasteiger partial charge in [0.15, 0.2) is 5.60 Å². The summed E-state index contributed by atoms with van der Waals surface area (Å²) in [5.74, 6) is -0.180. The number of hydrogen-bond acceptors (Lipinski definition) is 5. The van der Waals surface area contributed by atoms with Crippen LogP contribution in [-0.2, 0) is 4.79 Å². The van der Waals surface area contributed by atoms with Gasteiger partial charge in [-0.15, -0.1) is 0 Å². The topological polar surface area (TPSA) is 86.0 Å². The highest BCUT2D eigenvalue weighted by atomic mass is 16.5. The molecule has 0 fully saturated rings. The number of rotatable bonds is 5. The third-order valence-electron chi connectivity index (χ3n) is 4.31. The molecule has 0 amide bonds. The van der Waals surface area contributed by atoms with E-state index < -0.39 is 11.6 Å². The lowest BCUT2D eigenvalue weighted by Gasteiger charge is -2.21. The molecule has 0 unspecified atom stereocenters. The highest BCUT2D eigenvalue weighted by molar-refractivity contribution is 5.80. The molecule has 0 aliphatic carbocycles. The molecule has 27 heavy (non-hydrogen) atoms. The van der Waals surface area contributed by atoms with Crippen molar-refractivity contribution in [3.8, 4) is 17.2 Å². The highest BCUT2D eigenvalue weighted by Gasteiger charge is 2.29. The van der Waals surface area contributed by atoms with Crippen molar-refractivity contribution in [3.05, 3.63) is 64.0 Å². The van der Waals surface area contributed by atoms with Gasteiger partial charge in [-0.25, -0.2) is 4.79 Å². The van der Waals surface area contributed by atoms with Crippen LogP contribution in [0.1, 0.15) is 25.0 Å². The summed E-state index contributed by atoms with van der Waals surface area (Å²) in [5.41, 5.74) is 0.746. The standard InChI is InChI=1S/C21H20O6/c1-12-5-6-14(9-13(12)2)26-18-11-25-17-10-15(7-8-16(17)19(18)22)27-21(3,4)20(23)24/h5-11H,1-4H3,(H,23,24). The molecule has 6 heteroatoms. The number of carboxylic acid groups (broad SMARTS) is 1. The summed E-state index contributed by atoms with van der Waals surface area (Å²) in [7, 11) is 0. The molecular weight excluding hydrogens is 348 g/mol. The van der Waals surface area contributed by atoms with Crippen molar-refractivity contribution in [2.45, 2.75) is 33.3 Å². The van der Waals surface area contributed by atoms with Crippen LogP contribution in [0.25, 0.3) is 11.0 Å². The second-order valence-electron chi connectivity index (χ2n) is 6.85. The van der Waals surface area contributed by atoms with Gasteiger partial charge in [0.1, 0.15) is 23.3 Å². The zero-order chi connectivity index (χ0) is 19.8. The van der Waals surface area contributed by atoms with Gasteiger partial charge in [0.2, 0.25) is 11.2 Å². The molecule has 0 bridgehead atoms. The van der Waals surface area contributed by atoms with Gasteiger partial charge in [0.25, 0.3) is 0 Å². The Kier molecular flexibility index (Phi) is 4.66. The molecule has 0 aliphatic heterocycles. The predicted molar refractivity (Wildman–Crippen MR) is 101 cm³/mol. The van der Waals surface area contributed by atoms with E-state index in [2.05, 4.69) is 0 Å². The van der Waals surface area contributed by atoms with E-state index in [1.807, 2.05) is 26.0 Å². The molecule has 0 saturated heterocycles. The zero-order valence-electron chi connectivity index (χ0n) is 15.5. The lowest BCUT2D eigenvalue weighted by Crippen LogP contribution is -2.37. The minimum absolute atomic E-state index is 0.0743. The number of aryl methyl sites for hydroxylation is 2. The van der Waals surface area contributed by atoms with E-state index in [0.29, 0.717) is 16.9 Å². The Morgan fingerprint density at radius 3 is 2.41 bits per heavy atom. The zero-order valence-corrected chi connectivity index (χ0v) is 15.5. The summed E-state index contributed by atoms with van der Waals surface area (Å²) in [5, 5.41) is 9.47. The summed E-state index contributed by atoms with van der Waals surface area (Å²) >= 11 is 0. The van der Waals surface area contributed by atoms with Crippen LogP contribution in [0.3, 0.4) is 0 Å². The van der Waals surface area contributed by atoms with Crippen LogP contribution in [0.15, 0.2) is 51.9 Å². The van der Waals surface area contributed by atoms with Crippen LogP contribution in [-0.4, -0.2) is 16.7 Å². The Morgan fingerprint density at radius 2 is 1.74 bits per heavy atom. The third-order valence-corrected chi connectivity index (χ3v) is 4.31. The lowest BCUT2D eigenvalue weighted by atomic mass is 10.1. The second kappa shape index (κ2) is 6.79. The monoisotopic (exact) mass is 368 g/mol. The second-order valence-corrected chi connectivity index (χ2v) is 6.85. The average Bonchev–Trinajstić information content (AvgIpc) is 2.60. The molecule has 3 aromatic rings. The van der Waals surface area contributed by atoms with Crippen molar-refractivity contribution in [3.63, 3.8) is 0 Å². The van der Waals surface area contributed by atoms with E-state index in [4.69, 9.17) is 19.0 Å². The van der Waals surface area contributed by atoms with E-state index >= 15 is 0 Å². The van der Waals surface area contributed by atoms with E-state index in [1.54, 1.807) is 6.07 Å². The molecule has 0 saturated carbocycles. The van der Waals surface area contributed by atoms with Crippen molar-refractivity contribution in [1.82, 2.24) is 0 Å². The summed E-state index contributed by atoms with van der Waals surface area (Å²) in [6.07, 6.45) is 1.24. The molecular formula is C21H20O6. The summed E-state index contributed by atoms with van der Waals surface area (Å²) in [6.45, 7) is 6.84. The molecule has 1 heterocycles. The van der Waals surface area contributed by atoms with Crippen molar-refractivity contribution in [2.24, 2.45) is 0 Å². The van der Waals surface area contributed by atoms with Crippen LogP contribution in [0.5, 0.6) is 17.2 Å². The first-order valence-corrected chi connectivity index (χ1v) is 8.40. The molecule has 140 valence electrons. The maximum absolute atomic E-state index is 12.7. The molecule has 3 rings (SSSR count). The average molecular weight is 368 g/mol. The van der Waals surface area contributed by atoms with E-state index in [1.165, 1.54) is 38.3 Å². The summed E-state index contributed by atoms with van der Waals surface area (Å²) in [4.78, 5) is 23.9. The molecule has 0 spiro atoms. The Bertz CT molecular complexity index is 1080. The predicted octanol–water partition coefficient (Wildman–Crippen LogP) is 4.44. The van der Waals surface area contributed by atoms with Crippen molar-refractivity contribution < 1.29 is 23.8 Å². The molecule has 1 aromatic heterocycles. The van der Waals surface area contributed by atoms with Crippen LogP contribution in [0.2, 0.25) is 0 Å². The number of hydrogen-bond donors (Lipinski definition) is 1. The van der Waals surface area contributed by atoms with Gasteiger partial charge in [0.05, 0.1) is 5.39 Å². The van der Waals surface area contributed by atoms with Crippen LogP contribution in [0, 0.1) is 13.8 Å². The van der Waals surface area contributed by atoms with Gasteiger partial charge < -0.3 is 19.0 Å². The van der Waals surface area contributed by atoms with Gasteiger partial charge in [-0.3, -0.25) is 4.79 Å². The van der Waals surface area contributed by atoms with Crippen LogP contribution >= 0.6 is 0 Å². The lowest BCUT2D eigenvalue weighted by molar-refractivity contribution is -0.152. The number of aliphatic carboxylic acids is 1. The first-order chi connectivity index (χ1) is 12.7. The number of benzene rings is 2. The number of fused-ring (bicyclic) bond motifs is 1. The van der Waals surface area contributed by atoms with Crippen molar-refractivity contribution >= 4 is 16.9 Å². The molecule has 0 aliphatic rings. The third kappa shape index (κ3) is 3.79. The molecule has 0 atom stereocenters. The minimum Gasteiger partial charge on any atom is -0.478 e. The smallest absolute Gasteiger partial charge is 0.347 e. The molecule has 1 N–H and O–H groups in total. The quantitative estimate of drug-likeness (QED) is 0.716. The summed E-state index contributed by atoms with van der Waals surface area (Å²) < 4.78 is 16.7. The minimum atomic E-state index is -1.40. The largest absolute Gasteiger partial charge is 0.478 e. The normalized spacial score (nSPS) is 11.4. The maximum atomic E-state index is 12.7. The Balaban J connectivity index is 1.93. The number of carbonyl (C=O) groups is 1. The van der Waals surface area contributed by atoms with Crippen molar-refractivity contribution in [2.75, 3.05) is 0 Å². The van der Waals surface area contributed by atoms with Crippen LogP contribution in [0.4, 0.5) is 0 Å². The fourth-order valence-electron chi connectivity index (χ4n) is 2.47. The summed E-state index contributed by atoms with van der Waals surface area (Å²) in [6, 6.07) is 10.1. The molecule has 6 nitrogen and oxygen atoms in total. The van der Waals surface area contributed by atoms with Gasteiger partial charge >= 0.3 is 5.97 Å². The Morgan fingerprint density at radius 1 is 1.04 bits per heavy atom. The Hall–Kier alpha value is -3.28. The fraction of sp³-hybridized carbons (Fsp3) is 0.238. The SMILES string of the molecule is Cc1ccc(Oc2coc3cc(OC(C)(C)C(=O)O)ccc3c2=O)cc1C. The first-order valence-electron chi connectivity index (χ1n) is 8.40. The van der Waals surface area contributed by atoms with E-state index in [9.17, 15) is 9.59 Å². The van der Waals surface area contributed by atoms with E-state index in [-0.39, 0.29) is 16.8 Å². The highest BCUT2D eigenvalue weighted by Crippen LogP contribution is 2.26. The number of carboxylic acids is 1. The molecule has 0 radical (unpaired) electrons. The fourth-order valence-corrected chi connectivity index (χ4v) is 2.47. The molecule has 2 aromatic carbocycles. The number of ether oxygens (including phenoxy) is 2. The van der Waals surface area contributed by atoms with Gasteiger partial charge in [-0.1, -0.05) is 6.07 Å². The van der Waals surface area contributed by atoms with Gasteiger partial charge in [-0.2, -0.15) is 0 Å². The van der Waals surface area contributed by atoms with Crippen LogP contribution < -0.4 is 14.9 Å². The van der Waals surface area contributed by atoms with Gasteiger partial charge in [-0.05, 0) is 63.1 Å².